The molecule has 1 aliphatic heterocycles. The van der Waals surface area contributed by atoms with E-state index in [0.29, 0.717) is 12.4 Å². The van der Waals surface area contributed by atoms with Gasteiger partial charge in [-0.25, -0.2) is 18.6 Å². The molecule has 2 aromatic heterocycles. The van der Waals surface area contributed by atoms with E-state index in [2.05, 4.69) is 15.6 Å². The molecule has 0 bridgehead atoms. The Bertz CT molecular complexity index is 1480. The van der Waals surface area contributed by atoms with E-state index in [1.54, 1.807) is 30.5 Å². The number of ether oxygens (including phenoxy) is 1. The predicted octanol–water partition coefficient (Wildman–Crippen LogP) is 3.88. The van der Waals surface area contributed by atoms with Crippen LogP contribution in [-0.2, 0) is 0 Å². The molecule has 0 radical (unpaired) electrons. The van der Waals surface area contributed by atoms with Crippen LogP contribution in [0.1, 0.15) is 22.0 Å². The molecular weight excluding hydrogens is 458 g/mol. The number of hydrogen-bond acceptors (Lipinski definition) is 6. The average molecular weight is 478 g/mol. The SMILES string of the molecule is O=C(O)c1cn2c3c(c(NCCNc4ccccn4)c(F)c(F)c3c1=O)OC[C@H]2c1ccccc1. The van der Waals surface area contributed by atoms with Gasteiger partial charge in [-0.15, -0.1) is 0 Å². The summed E-state index contributed by atoms with van der Waals surface area (Å²) in [5, 5.41) is 14.8. The van der Waals surface area contributed by atoms with Gasteiger partial charge in [-0.2, -0.15) is 0 Å². The molecule has 10 heteroatoms. The second-order valence-electron chi connectivity index (χ2n) is 7.95. The van der Waals surface area contributed by atoms with Gasteiger partial charge in [0.05, 0.1) is 11.4 Å². The lowest BCUT2D eigenvalue weighted by Crippen LogP contribution is -2.30. The Hall–Kier alpha value is -4.47. The number of pyridine rings is 2. The van der Waals surface area contributed by atoms with E-state index in [1.165, 1.54) is 10.8 Å². The number of aromatic carboxylic acids is 1. The van der Waals surface area contributed by atoms with Crippen LogP contribution in [0.25, 0.3) is 10.9 Å². The van der Waals surface area contributed by atoms with Crippen molar-refractivity contribution in [1.82, 2.24) is 9.55 Å². The maximum Gasteiger partial charge on any atom is 0.341 e. The van der Waals surface area contributed by atoms with Gasteiger partial charge in [0.1, 0.15) is 29.2 Å². The van der Waals surface area contributed by atoms with Crippen molar-refractivity contribution in [2.75, 3.05) is 30.3 Å². The lowest BCUT2D eigenvalue weighted by molar-refractivity contribution is 0.0694. The van der Waals surface area contributed by atoms with Crippen molar-refractivity contribution >= 4 is 28.4 Å². The summed E-state index contributed by atoms with van der Waals surface area (Å²) in [6.07, 6.45) is 2.79. The van der Waals surface area contributed by atoms with Gasteiger partial charge in [-0.3, -0.25) is 4.79 Å². The summed E-state index contributed by atoms with van der Waals surface area (Å²) in [5.74, 6) is -3.68. The third-order valence-electron chi connectivity index (χ3n) is 5.84. The Balaban J connectivity index is 1.61. The standard InChI is InChI=1S/C25H20F2N4O4/c26-19-18-22-24(21(20(19)27)30-11-10-29-17-8-4-5-9-28-17)35-13-16(14-6-2-1-3-7-14)31(22)12-15(23(18)32)25(33)34/h1-9,12,16,30H,10-11,13H2,(H,28,29)(H,33,34)/t16-/m0/s1. The normalized spacial score (nSPS) is 14.4. The van der Waals surface area contributed by atoms with Gasteiger partial charge in [0.25, 0.3) is 0 Å². The number of rotatable bonds is 7. The summed E-state index contributed by atoms with van der Waals surface area (Å²) < 4.78 is 37.8. The largest absolute Gasteiger partial charge is 0.487 e. The predicted molar refractivity (Wildman–Crippen MR) is 126 cm³/mol. The van der Waals surface area contributed by atoms with Crippen LogP contribution in [0.15, 0.2) is 65.7 Å². The number of carbonyl (C=O) groups is 1. The molecule has 0 amide bonds. The average Bonchev–Trinajstić information content (AvgIpc) is 2.88. The first-order valence-electron chi connectivity index (χ1n) is 10.9. The molecule has 1 aliphatic rings. The third kappa shape index (κ3) is 3.92. The van der Waals surface area contributed by atoms with Crippen molar-refractivity contribution in [3.63, 3.8) is 0 Å². The Kier molecular flexibility index (Phi) is 5.77. The van der Waals surface area contributed by atoms with E-state index in [1.807, 2.05) is 24.3 Å². The number of carboxylic acid groups (broad SMARTS) is 1. The number of hydrogen-bond donors (Lipinski definition) is 3. The molecule has 0 saturated heterocycles. The molecule has 178 valence electrons. The molecule has 5 rings (SSSR count). The van der Waals surface area contributed by atoms with Gasteiger partial charge in [0.15, 0.2) is 17.4 Å². The molecular formula is C25H20F2N4O4. The van der Waals surface area contributed by atoms with E-state index >= 15 is 8.78 Å². The first kappa shape index (κ1) is 22.3. The summed E-state index contributed by atoms with van der Waals surface area (Å²) in [5.41, 5.74) is -1.23. The molecule has 0 aliphatic carbocycles. The van der Waals surface area contributed by atoms with Crippen LogP contribution in [0.5, 0.6) is 5.75 Å². The molecule has 3 N–H and O–H groups in total. The van der Waals surface area contributed by atoms with Crippen LogP contribution in [0.3, 0.4) is 0 Å². The molecule has 0 saturated carbocycles. The highest BCUT2D eigenvalue weighted by Gasteiger charge is 2.33. The van der Waals surface area contributed by atoms with Crippen LogP contribution < -0.4 is 20.8 Å². The van der Waals surface area contributed by atoms with Crippen LogP contribution in [0.4, 0.5) is 20.3 Å². The number of halogens is 2. The smallest absolute Gasteiger partial charge is 0.341 e. The fourth-order valence-corrected chi connectivity index (χ4v) is 4.22. The second kappa shape index (κ2) is 9.05. The van der Waals surface area contributed by atoms with Crippen LogP contribution in [0, 0.1) is 11.6 Å². The first-order valence-corrected chi connectivity index (χ1v) is 10.9. The lowest BCUT2D eigenvalue weighted by atomic mass is 10.0. The third-order valence-corrected chi connectivity index (χ3v) is 5.84. The van der Waals surface area contributed by atoms with Crippen molar-refractivity contribution in [1.29, 1.82) is 0 Å². The van der Waals surface area contributed by atoms with Gasteiger partial charge in [-0.05, 0) is 17.7 Å². The molecule has 0 fully saturated rings. The minimum Gasteiger partial charge on any atom is -0.487 e. The molecule has 0 spiro atoms. The Morgan fingerprint density at radius 3 is 2.54 bits per heavy atom. The molecule has 2 aromatic carbocycles. The Morgan fingerprint density at radius 1 is 1.09 bits per heavy atom. The fraction of sp³-hybridized carbons (Fsp3) is 0.160. The van der Waals surface area contributed by atoms with Gasteiger partial charge < -0.3 is 25.0 Å². The van der Waals surface area contributed by atoms with Gasteiger partial charge in [0, 0.05) is 25.5 Å². The topological polar surface area (TPSA) is 105 Å². The van der Waals surface area contributed by atoms with E-state index in [9.17, 15) is 14.7 Å². The molecule has 8 nitrogen and oxygen atoms in total. The minimum absolute atomic E-state index is 0.000752. The number of nitrogens with zero attached hydrogens (tertiary/aromatic N) is 2. The van der Waals surface area contributed by atoms with Crippen molar-refractivity contribution in [2.24, 2.45) is 0 Å². The van der Waals surface area contributed by atoms with E-state index in [0.717, 1.165) is 5.56 Å². The number of nitrogens with one attached hydrogen (secondary N) is 2. The van der Waals surface area contributed by atoms with E-state index < -0.39 is 40.0 Å². The monoisotopic (exact) mass is 478 g/mol. The minimum atomic E-state index is -1.52. The maximum absolute atomic E-state index is 15.3. The summed E-state index contributed by atoms with van der Waals surface area (Å²) in [4.78, 5) is 28.8. The number of carboxylic acids is 1. The summed E-state index contributed by atoms with van der Waals surface area (Å²) in [7, 11) is 0. The number of benzene rings is 2. The van der Waals surface area contributed by atoms with Crippen LogP contribution in [0.2, 0.25) is 0 Å². The lowest BCUT2D eigenvalue weighted by Gasteiger charge is -2.31. The Labute approximate surface area is 197 Å². The van der Waals surface area contributed by atoms with Crippen molar-refractivity contribution < 1.29 is 23.4 Å². The number of aromatic nitrogens is 2. The zero-order valence-corrected chi connectivity index (χ0v) is 18.3. The van der Waals surface area contributed by atoms with E-state index in [-0.39, 0.29) is 30.1 Å². The maximum atomic E-state index is 15.3. The van der Waals surface area contributed by atoms with Gasteiger partial charge in [0.2, 0.25) is 5.43 Å². The molecule has 3 heterocycles. The molecule has 35 heavy (non-hydrogen) atoms. The van der Waals surface area contributed by atoms with Crippen molar-refractivity contribution in [3.8, 4) is 5.75 Å². The number of anilines is 2. The highest BCUT2D eigenvalue weighted by atomic mass is 19.2. The Morgan fingerprint density at radius 2 is 1.83 bits per heavy atom. The summed E-state index contributed by atoms with van der Waals surface area (Å²) >= 11 is 0. The molecule has 4 aromatic rings. The van der Waals surface area contributed by atoms with Gasteiger partial charge in [-0.1, -0.05) is 36.4 Å². The summed E-state index contributed by atoms with van der Waals surface area (Å²) in [6.45, 7) is 0.557. The first-order chi connectivity index (χ1) is 17.0. The van der Waals surface area contributed by atoms with Crippen molar-refractivity contribution in [3.05, 3.63) is 93.9 Å². The summed E-state index contributed by atoms with van der Waals surface area (Å²) in [6, 6.07) is 13.9. The molecule has 0 unspecified atom stereocenters. The highest BCUT2D eigenvalue weighted by molar-refractivity contribution is 5.97. The van der Waals surface area contributed by atoms with Crippen LogP contribution in [-0.4, -0.2) is 40.3 Å². The quantitative estimate of drug-likeness (QED) is 0.346. The van der Waals surface area contributed by atoms with Gasteiger partial charge >= 0.3 is 5.97 Å². The van der Waals surface area contributed by atoms with Crippen LogP contribution >= 0.6 is 0 Å². The zero-order chi connectivity index (χ0) is 24.5. The zero-order valence-electron chi connectivity index (χ0n) is 18.3. The highest BCUT2D eigenvalue weighted by Crippen LogP contribution is 2.42. The fourth-order valence-electron chi connectivity index (χ4n) is 4.22. The van der Waals surface area contributed by atoms with Crippen molar-refractivity contribution in [2.45, 2.75) is 6.04 Å². The van der Waals surface area contributed by atoms with E-state index in [4.69, 9.17) is 4.74 Å². The second-order valence-corrected chi connectivity index (χ2v) is 7.95. The molecule has 1 atom stereocenters.